The summed E-state index contributed by atoms with van der Waals surface area (Å²) in [4.78, 5) is 45.8. The summed E-state index contributed by atoms with van der Waals surface area (Å²) in [6.07, 6.45) is 4.22. The molecule has 2 aliphatic rings. The molecule has 0 atom stereocenters. The van der Waals surface area contributed by atoms with Crippen molar-refractivity contribution in [3.05, 3.63) is 23.5 Å². The number of ether oxygens (including phenoxy) is 1. The van der Waals surface area contributed by atoms with Crippen LogP contribution in [-0.2, 0) is 4.74 Å². The largest absolute Gasteiger partial charge is 0.449 e. The highest BCUT2D eigenvalue weighted by Crippen LogP contribution is 2.14. The van der Waals surface area contributed by atoms with Crippen LogP contribution < -0.4 is 0 Å². The lowest BCUT2D eigenvalue weighted by Gasteiger charge is -2.21. The van der Waals surface area contributed by atoms with E-state index in [4.69, 9.17) is 4.74 Å². The molecule has 0 aliphatic carbocycles. The zero-order valence-electron chi connectivity index (χ0n) is 17.5. The van der Waals surface area contributed by atoms with Crippen molar-refractivity contribution in [1.82, 2.24) is 19.7 Å². The lowest BCUT2D eigenvalue weighted by atomic mass is 10.2. The molecule has 2 fully saturated rings. The van der Waals surface area contributed by atoms with Crippen LogP contribution in [0.5, 0.6) is 0 Å². The van der Waals surface area contributed by atoms with Crippen molar-refractivity contribution < 1.29 is 19.1 Å². The summed E-state index contributed by atoms with van der Waals surface area (Å²) in [5, 5.41) is 0. The molecule has 8 nitrogen and oxygen atoms in total. The number of rotatable bonds is 6. The lowest BCUT2D eigenvalue weighted by Crippen LogP contribution is -2.37. The normalized spacial score (nSPS) is 18.2. The first-order chi connectivity index (χ1) is 13.9. The SMILES string of the molecule is CC(C)COC(=O)N1CCCN(CC(=O)c2c[nH]c(C(=O)N3CCCC3)c2)CC1. The van der Waals surface area contributed by atoms with Gasteiger partial charge in [0, 0.05) is 51.0 Å². The number of Topliss-reactive ketones (excluding diaryl/α,β-unsaturated/α-hetero) is 1. The maximum absolute atomic E-state index is 12.7. The van der Waals surface area contributed by atoms with Gasteiger partial charge in [0.1, 0.15) is 5.69 Å². The summed E-state index contributed by atoms with van der Waals surface area (Å²) in [5.41, 5.74) is 1.01. The second-order valence-corrected chi connectivity index (χ2v) is 8.31. The third-order valence-electron chi connectivity index (χ3n) is 5.38. The van der Waals surface area contributed by atoms with E-state index in [1.165, 1.54) is 0 Å². The lowest BCUT2D eigenvalue weighted by molar-refractivity contribution is 0.0787. The number of aromatic nitrogens is 1. The number of ketones is 1. The first-order valence-electron chi connectivity index (χ1n) is 10.6. The summed E-state index contributed by atoms with van der Waals surface area (Å²) in [6.45, 7) is 8.86. The highest BCUT2D eigenvalue weighted by molar-refractivity contribution is 6.01. The van der Waals surface area contributed by atoms with Crippen LogP contribution in [0.2, 0.25) is 0 Å². The van der Waals surface area contributed by atoms with E-state index >= 15 is 0 Å². The molecular weight excluding hydrogens is 372 g/mol. The van der Waals surface area contributed by atoms with Gasteiger partial charge in [0.05, 0.1) is 13.2 Å². The van der Waals surface area contributed by atoms with Crippen molar-refractivity contribution in [3.8, 4) is 0 Å². The summed E-state index contributed by atoms with van der Waals surface area (Å²) in [5.74, 6) is 0.257. The number of likely N-dealkylation sites (tertiary alicyclic amines) is 1. The molecule has 3 rings (SSSR count). The van der Waals surface area contributed by atoms with E-state index in [0.717, 1.165) is 38.9 Å². The first kappa shape index (κ1) is 21.4. The van der Waals surface area contributed by atoms with E-state index in [1.54, 1.807) is 17.2 Å². The minimum Gasteiger partial charge on any atom is -0.449 e. The van der Waals surface area contributed by atoms with E-state index < -0.39 is 0 Å². The van der Waals surface area contributed by atoms with Gasteiger partial charge < -0.3 is 19.5 Å². The molecule has 1 N–H and O–H groups in total. The molecule has 29 heavy (non-hydrogen) atoms. The molecule has 2 aliphatic heterocycles. The molecule has 0 unspecified atom stereocenters. The van der Waals surface area contributed by atoms with E-state index in [1.807, 2.05) is 18.7 Å². The Bertz CT molecular complexity index is 724. The molecule has 3 heterocycles. The maximum atomic E-state index is 12.7. The Morgan fingerprint density at radius 3 is 2.45 bits per heavy atom. The molecule has 0 aromatic carbocycles. The molecule has 0 saturated carbocycles. The van der Waals surface area contributed by atoms with Gasteiger partial charge in [0.15, 0.2) is 5.78 Å². The average Bonchev–Trinajstić information content (AvgIpc) is 3.35. The summed E-state index contributed by atoms with van der Waals surface area (Å²) < 4.78 is 5.31. The Hall–Kier alpha value is -2.35. The smallest absolute Gasteiger partial charge is 0.409 e. The molecule has 2 saturated heterocycles. The minimum atomic E-state index is -0.275. The van der Waals surface area contributed by atoms with E-state index in [0.29, 0.717) is 43.4 Å². The number of nitrogens with one attached hydrogen (secondary N) is 1. The molecule has 160 valence electrons. The number of H-pyrrole nitrogens is 1. The van der Waals surface area contributed by atoms with Gasteiger partial charge in [0.2, 0.25) is 0 Å². The molecule has 0 radical (unpaired) electrons. The monoisotopic (exact) mass is 404 g/mol. The van der Waals surface area contributed by atoms with Crippen LogP contribution in [0, 0.1) is 5.92 Å². The van der Waals surface area contributed by atoms with E-state index in [9.17, 15) is 14.4 Å². The zero-order valence-corrected chi connectivity index (χ0v) is 17.5. The zero-order chi connectivity index (χ0) is 20.8. The van der Waals surface area contributed by atoms with Gasteiger partial charge in [-0.15, -0.1) is 0 Å². The third-order valence-corrected chi connectivity index (χ3v) is 5.38. The fraction of sp³-hybridized carbons (Fsp3) is 0.667. The van der Waals surface area contributed by atoms with Crippen molar-refractivity contribution in [2.45, 2.75) is 33.1 Å². The Morgan fingerprint density at radius 1 is 1.00 bits per heavy atom. The predicted molar refractivity (Wildman–Crippen MR) is 109 cm³/mol. The summed E-state index contributed by atoms with van der Waals surface area (Å²) in [6, 6.07) is 1.66. The molecule has 8 heteroatoms. The number of hydrogen-bond donors (Lipinski definition) is 1. The molecular formula is C21H32N4O4. The molecule has 1 aromatic rings. The summed E-state index contributed by atoms with van der Waals surface area (Å²) in [7, 11) is 0. The average molecular weight is 405 g/mol. The van der Waals surface area contributed by atoms with Crippen LogP contribution in [0.3, 0.4) is 0 Å². The highest BCUT2D eigenvalue weighted by Gasteiger charge is 2.24. The van der Waals surface area contributed by atoms with Crippen LogP contribution in [-0.4, -0.2) is 89.9 Å². The van der Waals surface area contributed by atoms with Crippen LogP contribution in [0.25, 0.3) is 0 Å². The van der Waals surface area contributed by atoms with Gasteiger partial charge in [0.25, 0.3) is 5.91 Å². The van der Waals surface area contributed by atoms with E-state index in [-0.39, 0.29) is 24.3 Å². The standard InChI is InChI=1S/C21H32N4O4/c1-16(2)15-29-21(28)25-9-5-6-23(10-11-25)14-19(26)17-12-18(22-13-17)20(27)24-7-3-4-8-24/h12-13,16,22H,3-11,14-15H2,1-2H3. The van der Waals surface area contributed by atoms with Gasteiger partial charge in [-0.3, -0.25) is 14.5 Å². The van der Waals surface area contributed by atoms with Crippen LogP contribution in [0.1, 0.15) is 54.0 Å². The Morgan fingerprint density at radius 2 is 1.72 bits per heavy atom. The quantitative estimate of drug-likeness (QED) is 0.735. The second kappa shape index (κ2) is 9.91. The molecule has 0 bridgehead atoms. The summed E-state index contributed by atoms with van der Waals surface area (Å²) >= 11 is 0. The fourth-order valence-corrected chi connectivity index (χ4v) is 3.70. The van der Waals surface area contributed by atoms with Gasteiger partial charge in [-0.1, -0.05) is 13.8 Å². The predicted octanol–water partition coefficient (Wildman–Crippen LogP) is 2.23. The Kier molecular flexibility index (Phi) is 7.30. The number of aromatic amines is 1. The number of hydrogen-bond acceptors (Lipinski definition) is 5. The van der Waals surface area contributed by atoms with Crippen LogP contribution in [0.4, 0.5) is 4.79 Å². The van der Waals surface area contributed by atoms with Crippen molar-refractivity contribution in [2.24, 2.45) is 5.92 Å². The number of carbonyl (C=O) groups is 3. The van der Waals surface area contributed by atoms with Crippen molar-refractivity contribution in [2.75, 3.05) is 52.4 Å². The van der Waals surface area contributed by atoms with Crippen LogP contribution >= 0.6 is 0 Å². The van der Waals surface area contributed by atoms with Gasteiger partial charge >= 0.3 is 6.09 Å². The van der Waals surface area contributed by atoms with Crippen molar-refractivity contribution >= 4 is 17.8 Å². The minimum absolute atomic E-state index is 0.0162. The molecule has 2 amide bonds. The molecule has 0 spiro atoms. The third kappa shape index (κ3) is 5.82. The fourth-order valence-electron chi connectivity index (χ4n) is 3.70. The second-order valence-electron chi connectivity index (χ2n) is 8.31. The Balaban J connectivity index is 1.49. The van der Waals surface area contributed by atoms with Crippen molar-refractivity contribution in [1.29, 1.82) is 0 Å². The molecule has 1 aromatic heterocycles. The van der Waals surface area contributed by atoms with Gasteiger partial charge in [-0.25, -0.2) is 4.79 Å². The number of nitrogens with zero attached hydrogens (tertiary/aromatic N) is 3. The first-order valence-corrected chi connectivity index (χ1v) is 10.6. The van der Waals surface area contributed by atoms with Crippen LogP contribution in [0.15, 0.2) is 12.3 Å². The van der Waals surface area contributed by atoms with E-state index in [2.05, 4.69) is 9.88 Å². The van der Waals surface area contributed by atoms with Gasteiger partial charge in [-0.05, 0) is 31.2 Å². The Labute approximate surface area is 172 Å². The highest BCUT2D eigenvalue weighted by atomic mass is 16.6. The topological polar surface area (TPSA) is 86.0 Å². The number of carbonyl (C=O) groups excluding carboxylic acids is 3. The van der Waals surface area contributed by atoms with Gasteiger partial charge in [-0.2, -0.15) is 0 Å². The van der Waals surface area contributed by atoms with Crippen molar-refractivity contribution in [3.63, 3.8) is 0 Å². The number of amides is 2. The maximum Gasteiger partial charge on any atom is 0.409 e.